The van der Waals surface area contributed by atoms with Crippen LogP contribution in [0.2, 0.25) is 0 Å². The van der Waals surface area contributed by atoms with Crippen LogP contribution in [-0.4, -0.2) is 34.8 Å². The third-order valence-electron chi connectivity index (χ3n) is 3.72. The summed E-state index contributed by atoms with van der Waals surface area (Å²) < 4.78 is 0. The zero-order valence-electron chi connectivity index (χ0n) is 12.1. The van der Waals surface area contributed by atoms with Gasteiger partial charge in [0.25, 0.3) is 0 Å². The highest BCUT2D eigenvalue weighted by atomic mass is 16.3. The minimum Gasteiger partial charge on any atom is -0.396 e. The number of aryl methyl sites for hydroxylation is 1. The Bertz CT molecular complexity index is 443. The number of hydrogen-bond donors (Lipinski definition) is 3. The Morgan fingerprint density at radius 3 is 2.32 bits per heavy atom. The summed E-state index contributed by atoms with van der Waals surface area (Å²) in [5.74, 6) is 2.55. The molecule has 0 aromatic carbocycles. The molecule has 5 nitrogen and oxygen atoms in total. The van der Waals surface area contributed by atoms with E-state index in [1.807, 2.05) is 13.8 Å². The molecule has 0 aliphatic heterocycles. The van der Waals surface area contributed by atoms with Gasteiger partial charge in [-0.15, -0.1) is 0 Å². The van der Waals surface area contributed by atoms with E-state index in [4.69, 9.17) is 0 Å². The summed E-state index contributed by atoms with van der Waals surface area (Å²) in [7, 11) is 0. The third-order valence-corrected chi connectivity index (χ3v) is 3.72. The van der Waals surface area contributed by atoms with Crippen molar-refractivity contribution < 1.29 is 5.11 Å². The smallest absolute Gasteiger partial charge is 0.134 e. The van der Waals surface area contributed by atoms with E-state index in [9.17, 15) is 5.11 Å². The van der Waals surface area contributed by atoms with Gasteiger partial charge in [0.2, 0.25) is 0 Å². The minimum absolute atomic E-state index is 0.0856. The molecule has 5 heteroatoms. The maximum Gasteiger partial charge on any atom is 0.134 e. The number of aromatic nitrogens is 2. The summed E-state index contributed by atoms with van der Waals surface area (Å²) in [6, 6.07) is 0. The van der Waals surface area contributed by atoms with E-state index < -0.39 is 0 Å². The molecule has 1 aromatic rings. The number of rotatable bonds is 7. The van der Waals surface area contributed by atoms with Crippen molar-refractivity contribution in [1.29, 1.82) is 0 Å². The summed E-state index contributed by atoms with van der Waals surface area (Å²) in [6.45, 7) is 8.02. The molecule has 1 aromatic heterocycles. The molecule has 2 rings (SSSR count). The SMILES string of the molecule is CCCNc1nc(C)nc(NCC2(CO)CC2)c1C. The number of nitrogens with zero attached hydrogens (tertiary/aromatic N) is 2. The van der Waals surface area contributed by atoms with E-state index in [0.717, 1.165) is 55.4 Å². The lowest BCUT2D eigenvalue weighted by molar-refractivity contribution is 0.219. The molecule has 3 N–H and O–H groups in total. The molecule has 0 atom stereocenters. The summed E-state index contributed by atoms with van der Waals surface area (Å²) >= 11 is 0. The molecule has 0 saturated heterocycles. The first kappa shape index (κ1) is 14.1. The van der Waals surface area contributed by atoms with E-state index in [0.29, 0.717) is 0 Å². The molecule has 0 radical (unpaired) electrons. The van der Waals surface area contributed by atoms with Crippen LogP contribution < -0.4 is 10.6 Å². The van der Waals surface area contributed by atoms with Crippen LogP contribution >= 0.6 is 0 Å². The summed E-state index contributed by atoms with van der Waals surface area (Å²) in [4.78, 5) is 8.90. The van der Waals surface area contributed by atoms with E-state index in [-0.39, 0.29) is 12.0 Å². The second kappa shape index (κ2) is 5.74. The van der Waals surface area contributed by atoms with Crippen LogP contribution in [0.25, 0.3) is 0 Å². The standard InChI is InChI=1S/C14H24N4O/c1-4-7-15-12-10(2)13(18-11(3)17-12)16-8-14(9-19)5-6-14/h19H,4-9H2,1-3H3,(H2,15,16,17,18). The molecule has 1 saturated carbocycles. The maximum absolute atomic E-state index is 9.34. The lowest BCUT2D eigenvalue weighted by atomic mass is 10.1. The molecule has 19 heavy (non-hydrogen) atoms. The van der Waals surface area contributed by atoms with Gasteiger partial charge in [0, 0.05) is 24.1 Å². The Morgan fingerprint density at radius 2 is 1.79 bits per heavy atom. The zero-order valence-corrected chi connectivity index (χ0v) is 12.1. The van der Waals surface area contributed by atoms with Crippen molar-refractivity contribution in [3.63, 3.8) is 0 Å². The number of aliphatic hydroxyl groups excluding tert-OH is 1. The van der Waals surface area contributed by atoms with Crippen LogP contribution in [0, 0.1) is 19.3 Å². The lowest BCUT2D eigenvalue weighted by Gasteiger charge is -2.17. The number of nitrogens with one attached hydrogen (secondary N) is 2. The van der Waals surface area contributed by atoms with Crippen LogP contribution in [0.5, 0.6) is 0 Å². The van der Waals surface area contributed by atoms with Crippen molar-refractivity contribution in [2.24, 2.45) is 5.41 Å². The molecular weight excluding hydrogens is 240 g/mol. The van der Waals surface area contributed by atoms with Crippen molar-refractivity contribution in [3.8, 4) is 0 Å². The minimum atomic E-state index is 0.0856. The van der Waals surface area contributed by atoms with Gasteiger partial charge in [-0.05, 0) is 33.1 Å². The van der Waals surface area contributed by atoms with Gasteiger partial charge in [0.05, 0.1) is 6.61 Å². The third kappa shape index (κ3) is 3.35. The van der Waals surface area contributed by atoms with Gasteiger partial charge in [-0.2, -0.15) is 0 Å². The molecule has 1 fully saturated rings. The first-order valence-electron chi connectivity index (χ1n) is 7.04. The van der Waals surface area contributed by atoms with E-state index in [1.165, 1.54) is 0 Å². The highest BCUT2D eigenvalue weighted by Crippen LogP contribution is 2.45. The van der Waals surface area contributed by atoms with Gasteiger partial charge in [-0.25, -0.2) is 9.97 Å². The molecule has 1 heterocycles. The lowest BCUT2D eigenvalue weighted by Crippen LogP contribution is -2.21. The average Bonchev–Trinajstić information content (AvgIpc) is 3.18. The highest BCUT2D eigenvalue weighted by molar-refractivity contribution is 5.57. The maximum atomic E-state index is 9.34. The summed E-state index contributed by atoms with van der Waals surface area (Å²) in [5, 5.41) is 16.0. The Morgan fingerprint density at radius 1 is 1.16 bits per heavy atom. The van der Waals surface area contributed by atoms with Crippen LogP contribution in [-0.2, 0) is 0 Å². The zero-order chi connectivity index (χ0) is 13.9. The Hall–Kier alpha value is -1.36. The van der Waals surface area contributed by atoms with Gasteiger partial charge >= 0.3 is 0 Å². The van der Waals surface area contributed by atoms with Crippen molar-refractivity contribution in [1.82, 2.24) is 9.97 Å². The second-order valence-corrected chi connectivity index (χ2v) is 5.53. The van der Waals surface area contributed by atoms with Crippen molar-refractivity contribution in [2.75, 3.05) is 30.3 Å². The largest absolute Gasteiger partial charge is 0.396 e. The second-order valence-electron chi connectivity index (χ2n) is 5.53. The summed E-state index contributed by atoms with van der Waals surface area (Å²) in [6.07, 6.45) is 3.26. The summed E-state index contributed by atoms with van der Waals surface area (Å²) in [5.41, 5.74) is 1.13. The fourth-order valence-corrected chi connectivity index (χ4v) is 2.05. The van der Waals surface area contributed by atoms with Crippen LogP contribution in [0.4, 0.5) is 11.6 Å². The molecular formula is C14H24N4O. The molecule has 0 amide bonds. The Labute approximate surface area is 114 Å². The number of aliphatic hydroxyl groups is 1. The topological polar surface area (TPSA) is 70.1 Å². The normalized spacial score (nSPS) is 16.2. The highest BCUT2D eigenvalue weighted by Gasteiger charge is 2.41. The molecule has 1 aliphatic rings. The van der Waals surface area contributed by atoms with Gasteiger partial charge in [-0.3, -0.25) is 0 Å². The molecule has 0 bridgehead atoms. The van der Waals surface area contributed by atoms with Crippen molar-refractivity contribution in [3.05, 3.63) is 11.4 Å². The molecule has 0 unspecified atom stereocenters. The van der Waals surface area contributed by atoms with E-state index >= 15 is 0 Å². The van der Waals surface area contributed by atoms with Gasteiger partial charge in [-0.1, -0.05) is 6.92 Å². The van der Waals surface area contributed by atoms with Crippen molar-refractivity contribution in [2.45, 2.75) is 40.0 Å². The predicted molar refractivity (Wildman–Crippen MR) is 77.5 cm³/mol. The van der Waals surface area contributed by atoms with Gasteiger partial charge < -0.3 is 15.7 Å². The molecule has 0 spiro atoms. The number of anilines is 2. The quantitative estimate of drug-likeness (QED) is 0.703. The molecule has 106 valence electrons. The van der Waals surface area contributed by atoms with E-state index in [1.54, 1.807) is 0 Å². The van der Waals surface area contributed by atoms with Crippen molar-refractivity contribution >= 4 is 11.6 Å². The number of hydrogen-bond acceptors (Lipinski definition) is 5. The van der Waals surface area contributed by atoms with Gasteiger partial charge in [0.15, 0.2) is 0 Å². The average molecular weight is 264 g/mol. The monoisotopic (exact) mass is 264 g/mol. The first-order chi connectivity index (χ1) is 9.10. The van der Waals surface area contributed by atoms with E-state index in [2.05, 4.69) is 27.5 Å². The predicted octanol–water partition coefficient (Wildman–Crippen LogP) is 2.10. The Kier molecular flexibility index (Phi) is 4.24. The first-order valence-corrected chi connectivity index (χ1v) is 7.04. The molecule has 1 aliphatic carbocycles. The Balaban J connectivity index is 2.08. The van der Waals surface area contributed by atoms with Crippen LogP contribution in [0.3, 0.4) is 0 Å². The van der Waals surface area contributed by atoms with Crippen LogP contribution in [0.1, 0.15) is 37.6 Å². The van der Waals surface area contributed by atoms with Crippen LogP contribution in [0.15, 0.2) is 0 Å². The fourth-order valence-electron chi connectivity index (χ4n) is 2.05. The van der Waals surface area contributed by atoms with Gasteiger partial charge in [0.1, 0.15) is 17.5 Å². The fraction of sp³-hybridized carbons (Fsp3) is 0.714.